The summed E-state index contributed by atoms with van der Waals surface area (Å²) in [5.41, 5.74) is 0.796. The van der Waals surface area contributed by atoms with Crippen LogP contribution in [0.2, 0.25) is 0 Å². The van der Waals surface area contributed by atoms with Crippen molar-refractivity contribution in [2.24, 2.45) is 0 Å². The number of rotatable bonds is 1. The minimum absolute atomic E-state index is 0.00306. The zero-order chi connectivity index (χ0) is 12.8. The van der Waals surface area contributed by atoms with E-state index in [1.54, 1.807) is 4.90 Å². The maximum atomic E-state index is 12.1. The Balaban J connectivity index is 2.04. The Kier molecular flexibility index (Phi) is 2.67. The Hall–Kier alpha value is -1.01. The summed E-state index contributed by atoms with van der Waals surface area (Å²) in [6.07, 6.45) is 0.528. The number of benzene rings is 1. The standard InChI is InChI=1S/C12H13NO3S2/c14-11-8-17-12(6-7-18(15,16)9-12)13(11)10-4-2-1-3-5-10/h1-5H,6-9H2/t12-/m0/s1. The third kappa shape index (κ3) is 1.83. The molecule has 1 aromatic rings. The number of hydrogen-bond donors (Lipinski definition) is 0. The summed E-state index contributed by atoms with van der Waals surface area (Å²) < 4.78 is 23.4. The molecule has 1 amide bonds. The van der Waals surface area contributed by atoms with E-state index in [1.165, 1.54) is 11.8 Å². The number of nitrogens with zero attached hydrogens (tertiary/aromatic N) is 1. The van der Waals surface area contributed by atoms with E-state index in [0.29, 0.717) is 12.2 Å². The van der Waals surface area contributed by atoms with E-state index in [1.807, 2.05) is 30.3 Å². The molecule has 0 radical (unpaired) electrons. The Labute approximate surface area is 110 Å². The van der Waals surface area contributed by atoms with E-state index in [2.05, 4.69) is 0 Å². The smallest absolute Gasteiger partial charge is 0.238 e. The minimum Gasteiger partial charge on any atom is -0.295 e. The molecule has 6 heteroatoms. The van der Waals surface area contributed by atoms with E-state index in [4.69, 9.17) is 0 Å². The summed E-state index contributed by atoms with van der Waals surface area (Å²) in [5, 5.41) is 0. The fraction of sp³-hybridized carbons (Fsp3) is 0.417. The van der Waals surface area contributed by atoms with E-state index in [0.717, 1.165) is 5.69 Å². The van der Waals surface area contributed by atoms with Crippen LogP contribution < -0.4 is 4.90 Å². The van der Waals surface area contributed by atoms with Crippen molar-refractivity contribution in [3.63, 3.8) is 0 Å². The molecular formula is C12H13NO3S2. The molecular weight excluding hydrogens is 270 g/mol. The van der Waals surface area contributed by atoms with Crippen LogP contribution in [0.1, 0.15) is 6.42 Å². The van der Waals surface area contributed by atoms with Crippen LogP contribution in [-0.2, 0) is 14.6 Å². The monoisotopic (exact) mass is 283 g/mol. The SMILES string of the molecule is O=C1CS[C@]2(CCS(=O)(=O)C2)N1c1ccccc1. The number of hydrogen-bond acceptors (Lipinski definition) is 4. The third-order valence-electron chi connectivity index (χ3n) is 3.38. The molecule has 0 aromatic heterocycles. The summed E-state index contributed by atoms with van der Waals surface area (Å²) in [6.45, 7) is 0. The fourth-order valence-electron chi connectivity index (χ4n) is 2.60. The second-order valence-electron chi connectivity index (χ2n) is 4.64. The van der Waals surface area contributed by atoms with Crippen LogP contribution in [-0.4, -0.2) is 36.5 Å². The van der Waals surface area contributed by atoms with Gasteiger partial charge in [-0.25, -0.2) is 8.42 Å². The second-order valence-corrected chi connectivity index (χ2v) is 8.16. The molecule has 2 aliphatic heterocycles. The van der Waals surface area contributed by atoms with Gasteiger partial charge in [0, 0.05) is 5.69 Å². The number of sulfone groups is 1. The van der Waals surface area contributed by atoms with Crippen molar-refractivity contribution in [1.29, 1.82) is 0 Å². The lowest BCUT2D eigenvalue weighted by Gasteiger charge is -2.32. The number of amides is 1. The van der Waals surface area contributed by atoms with Gasteiger partial charge in [0.15, 0.2) is 9.84 Å². The highest BCUT2D eigenvalue weighted by Crippen LogP contribution is 2.46. The zero-order valence-electron chi connectivity index (χ0n) is 9.70. The molecule has 0 aliphatic carbocycles. The summed E-state index contributed by atoms with van der Waals surface area (Å²) in [6, 6.07) is 9.33. The lowest BCUT2D eigenvalue weighted by atomic mass is 10.1. The first-order valence-electron chi connectivity index (χ1n) is 5.75. The minimum atomic E-state index is -3.02. The van der Waals surface area contributed by atoms with Gasteiger partial charge < -0.3 is 0 Å². The maximum Gasteiger partial charge on any atom is 0.238 e. The Morgan fingerprint density at radius 1 is 1.22 bits per heavy atom. The molecule has 18 heavy (non-hydrogen) atoms. The van der Waals surface area contributed by atoms with E-state index in [9.17, 15) is 13.2 Å². The number of para-hydroxylation sites is 1. The quantitative estimate of drug-likeness (QED) is 0.779. The van der Waals surface area contributed by atoms with Crippen molar-refractivity contribution in [2.45, 2.75) is 11.3 Å². The average Bonchev–Trinajstić information content (AvgIpc) is 2.81. The van der Waals surface area contributed by atoms with Crippen molar-refractivity contribution in [2.75, 3.05) is 22.2 Å². The van der Waals surface area contributed by atoms with Gasteiger partial charge in [-0.2, -0.15) is 0 Å². The molecule has 1 spiro atoms. The first kappa shape index (κ1) is 12.0. The largest absolute Gasteiger partial charge is 0.295 e. The van der Waals surface area contributed by atoms with Crippen LogP contribution in [0.3, 0.4) is 0 Å². The van der Waals surface area contributed by atoms with Gasteiger partial charge in [0.1, 0.15) is 4.87 Å². The van der Waals surface area contributed by atoms with E-state index < -0.39 is 14.7 Å². The lowest BCUT2D eigenvalue weighted by molar-refractivity contribution is -0.116. The highest BCUT2D eigenvalue weighted by molar-refractivity contribution is 8.03. The van der Waals surface area contributed by atoms with Crippen LogP contribution in [0, 0.1) is 0 Å². The first-order valence-corrected chi connectivity index (χ1v) is 8.56. The molecule has 3 rings (SSSR count). The van der Waals surface area contributed by atoms with Crippen LogP contribution in [0.25, 0.3) is 0 Å². The van der Waals surface area contributed by atoms with Gasteiger partial charge in [-0.05, 0) is 18.6 Å². The molecule has 0 saturated carbocycles. The van der Waals surface area contributed by atoms with Gasteiger partial charge in [-0.3, -0.25) is 9.69 Å². The molecule has 2 heterocycles. The Bertz CT molecular complexity index is 585. The fourth-order valence-corrected chi connectivity index (χ4v) is 6.46. The first-order chi connectivity index (χ1) is 8.53. The molecule has 0 N–H and O–H groups in total. The molecule has 1 atom stereocenters. The van der Waals surface area contributed by atoms with Crippen molar-refractivity contribution in [1.82, 2.24) is 0 Å². The molecule has 2 aliphatic rings. The number of thioether (sulfide) groups is 1. The van der Waals surface area contributed by atoms with Crippen LogP contribution in [0.15, 0.2) is 30.3 Å². The third-order valence-corrected chi connectivity index (χ3v) is 6.77. The van der Waals surface area contributed by atoms with Gasteiger partial charge >= 0.3 is 0 Å². The van der Waals surface area contributed by atoms with Gasteiger partial charge in [-0.1, -0.05) is 18.2 Å². The average molecular weight is 283 g/mol. The molecule has 1 aromatic carbocycles. The van der Waals surface area contributed by atoms with Crippen molar-refractivity contribution in [3.05, 3.63) is 30.3 Å². The molecule has 0 unspecified atom stereocenters. The van der Waals surface area contributed by atoms with Crippen molar-refractivity contribution < 1.29 is 13.2 Å². The van der Waals surface area contributed by atoms with Crippen LogP contribution >= 0.6 is 11.8 Å². The van der Waals surface area contributed by atoms with Gasteiger partial charge in [-0.15, -0.1) is 11.8 Å². The normalized spacial score (nSPS) is 30.2. The highest BCUT2D eigenvalue weighted by Gasteiger charge is 2.53. The van der Waals surface area contributed by atoms with Crippen molar-refractivity contribution >= 4 is 33.2 Å². The van der Waals surface area contributed by atoms with Gasteiger partial charge in [0.2, 0.25) is 5.91 Å². The topological polar surface area (TPSA) is 54.5 Å². The lowest BCUT2D eigenvalue weighted by Crippen LogP contribution is -2.45. The molecule has 4 nitrogen and oxygen atoms in total. The van der Waals surface area contributed by atoms with Gasteiger partial charge in [0.05, 0.1) is 17.3 Å². The summed E-state index contributed by atoms with van der Waals surface area (Å²) >= 11 is 1.46. The summed E-state index contributed by atoms with van der Waals surface area (Å²) in [4.78, 5) is 13.2. The summed E-state index contributed by atoms with van der Waals surface area (Å²) in [7, 11) is -3.02. The molecule has 2 fully saturated rings. The van der Waals surface area contributed by atoms with Crippen LogP contribution in [0.5, 0.6) is 0 Å². The predicted octanol–water partition coefficient (Wildman–Crippen LogP) is 1.28. The Morgan fingerprint density at radius 2 is 1.94 bits per heavy atom. The number of anilines is 1. The van der Waals surface area contributed by atoms with E-state index in [-0.39, 0.29) is 17.4 Å². The zero-order valence-corrected chi connectivity index (χ0v) is 11.3. The number of carbonyl (C=O) groups excluding carboxylic acids is 1. The van der Waals surface area contributed by atoms with Crippen molar-refractivity contribution in [3.8, 4) is 0 Å². The molecule has 0 bridgehead atoms. The number of carbonyl (C=O) groups is 1. The second kappa shape index (κ2) is 3.99. The summed E-state index contributed by atoms with van der Waals surface area (Å²) in [5.74, 6) is 0.620. The highest BCUT2D eigenvalue weighted by atomic mass is 32.2. The van der Waals surface area contributed by atoms with Gasteiger partial charge in [0.25, 0.3) is 0 Å². The molecule has 96 valence electrons. The maximum absolute atomic E-state index is 12.1. The van der Waals surface area contributed by atoms with E-state index >= 15 is 0 Å². The Morgan fingerprint density at radius 3 is 2.56 bits per heavy atom. The molecule has 2 saturated heterocycles. The predicted molar refractivity (Wildman–Crippen MR) is 72.4 cm³/mol. The van der Waals surface area contributed by atoms with Crippen LogP contribution in [0.4, 0.5) is 5.69 Å².